The molecule has 1 aromatic rings. The van der Waals surface area contributed by atoms with Crippen LogP contribution in [0.5, 0.6) is 0 Å². The summed E-state index contributed by atoms with van der Waals surface area (Å²) in [6.45, 7) is 31.1. The molecule has 1 fully saturated rings. The molecule has 1 N–H and O–H groups in total. The van der Waals surface area contributed by atoms with Crippen LogP contribution in [0.4, 0.5) is 0 Å². The van der Waals surface area contributed by atoms with Crippen LogP contribution < -0.4 is 0 Å². The first-order valence-electron chi connectivity index (χ1n) is 15.5. The van der Waals surface area contributed by atoms with Crippen molar-refractivity contribution in [2.75, 3.05) is 6.61 Å². The fourth-order valence-electron chi connectivity index (χ4n) is 4.63. The second-order valence-electron chi connectivity index (χ2n) is 15.6. The highest BCUT2D eigenvalue weighted by Gasteiger charge is 2.42. The first-order valence-corrected chi connectivity index (χ1v) is 22.9. The molecule has 1 saturated carbocycles. The Labute approximate surface area is 255 Å². The summed E-state index contributed by atoms with van der Waals surface area (Å²) in [5, 5.41) is 13.6. The number of aryl methyl sites for hydroxylation is 1. The minimum atomic E-state index is -2.91. The highest BCUT2D eigenvalue weighted by molar-refractivity contribution is 7.96. The summed E-state index contributed by atoms with van der Waals surface area (Å²) in [7, 11) is -6.95. The molecule has 41 heavy (non-hydrogen) atoms. The van der Waals surface area contributed by atoms with Crippen LogP contribution in [-0.4, -0.2) is 50.8 Å². The van der Waals surface area contributed by atoms with Gasteiger partial charge in [0.1, 0.15) is 0 Å². The van der Waals surface area contributed by atoms with Crippen molar-refractivity contribution in [3.05, 3.63) is 40.8 Å². The second kappa shape index (κ2) is 13.5. The third kappa shape index (κ3) is 9.35. The molecule has 0 bridgehead atoms. The molecule has 0 radical (unpaired) electrons. The van der Waals surface area contributed by atoms with Crippen LogP contribution in [0.25, 0.3) is 0 Å². The zero-order chi connectivity index (χ0) is 31.6. The van der Waals surface area contributed by atoms with Gasteiger partial charge in [0, 0.05) is 11.3 Å². The van der Waals surface area contributed by atoms with Crippen molar-refractivity contribution in [3.8, 4) is 0 Å². The van der Waals surface area contributed by atoms with Gasteiger partial charge in [-0.15, -0.1) is 0 Å². The number of hydrogen-bond acceptors (Lipinski definition) is 5. The molecule has 0 aliphatic heterocycles. The van der Waals surface area contributed by atoms with Gasteiger partial charge in [0.2, 0.25) is 0 Å². The molecule has 2 rings (SSSR count). The Morgan fingerprint density at radius 3 is 2.02 bits per heavy atom. The zero-order valence-corrected chi connectivity index (χ0v) is 31.4. The molecule has 1 unspecified atom stereocenters. The lowest BCUT2D eigenvalue weighted by Crippen LogP contribution is -2.47. The van der Waals surface area contributed by atoms with Gasteiger partial charge in [-0.25, -0.2) is 8.57 Å². The van der Waals surface area contributed by atoms with E-state index in [1.807, 2.05) is 43.5 Å². The fraction of sp³-hybridized carbons (Fsp3) is 0.758. The molecule has 5 atom stereocenters. The van der Waals surface area contributed by atoms with Gasteiger partial charge in [0.25, 0.3) is 0 Å². The van der Waals surface area contributed by atoms with Gasteiger partial charge in [-0.3, -0.25) is 0 Å². The average Bonchev–Trinajstić information content (AvgIpc) is 3.27. The molecule has 0 saturated heterocycles. The van der Waals surface area contributed by atoms with Gasteiger partial charge in [0.15, 0.2) is 16.6 Å². The van der Waals surface area contributed by atoms with E-state index in [1.54, 1.807) is 0 Å². The van der Waals surface area contributed by atoms with Crippen molar-refractivity contribution in [1.29, 1.82) is 0 Å². The van der Waals surface area contributed by atoms with Crippen molar-refractivity contribution < 1.29 is 18.2 Å². The molecule has 1 aromatic carbocycles. The Kier molecular flexibility index (Phi) is 12.0. The highest BCUT2D eigenvalue weighted by Crippen LogP contribution is 2.41. The topological polar surface area (TPSA) is 68.1 Å². The molecule has 5 nitrogen and oxygen atoms in total. The lowest BCUT2D eigenvalue weighted by atomic mass is 9.94. The number of aliphatic hydroxyl groups is 1. The average molecular weight is 624 g/mol. The smallest absolute Gasteiger partial charge is 0.192 e. The van der Waals surface area contributed by atoms with Gasteiger partial charge >= 0.3 is 0 Å². The molecule has 8 heteroatoms. The Morgan fingerprint density at radius 2 is 1.54 bits per heavy atom. The largest absolute Gasteiger partial charge is 0.415 e. The molecule has 0 aromatic heterocycles. The van der Waals surface area contributed by atoms with Crippen LogP contribution in [-0.2, 0) is 18.6 Å². The lowest BCUT2D eigenvalue weighted by molar-refractivity contribution is 0.0110. The number of hydrogen-bond donors (Lipinski definition) is 1. The van der Waals surface area contributed by atoms with E-state index in [0.29, 0.717) is 6.61 Å². The summed E-state index contributed by atoms with van der Waals surface area (Å²) in [4.78, 5) is 0.722. The molecule has 236 valence electrons. The van der Waals surface area contributed by atoms with Crippen molar-refractivity contribution in [2.45, 2.75) is 148 Å². The van der Waals surface area contributed by atoms with Gasteiger partial charge in [-0.05, 0) is 87.4 Å². The van der Waals surface area contributed by atoms with Crippen LogP contribution in [0.1, 0.15) is 87.1 Å². The normalized spacial score (nSPS) is 22.0. The highest BCUT2D eigenvalue weighted by atomic mass is 32.2. The Hall–Kier alpha value is -0.776. The van der Waals surface area contributed by atoms with E-state index in [4.69, 9.17) is 13.2 Å². The van der Waals surface area contributed by atoms with Crippen LogP contribution >= 0.6 is 0 Å². The summed E-state index contributed by atoms with van der Waals surface area (Å²) in [6.07, 6.45) is 1.70. The van der Waals surface area contributed by atoms with Crippen LogP contribution in [0.15, 0.2) is 44.5 Å². The van der Waals surface area contributed by atoms with E-state index >= 15 is 0 Å². The summed E-state index contributed by atoms with van der Waals surface area (Å²) >= 11 is 0. The van der Waals surface area contributed by atoms with E-state index in [0.717, 1.165) is 35.3 Å². The molecule has 1 aliphatic rings. The van der Waals surface area contributed by atoms with Crippen LogP contribution in [0, 0.1) is 18.8 Å². The second-order valence-corrected chi connectivity index (χ2v) is 27.3. The molecular weight excluding hydrogens is 563 g/mol. The maximum Gasteiger partial charge on any atom is 0.192 e. The first-order chi connectivity index (χ1) is 18.5. The summed E-state index contributed by atoms with van der Waals surface area (Å²) < 4.78 is 33.3. The lowest BCUT2D eigenvalue weighted by Gasteiger charge is -2.40. The fourth-order valence-corrected chi connectivity index (χ4v) is 9.32. The van der Waals surface area contributed by atoms with Crippen molar-refractivity contribution in [1.82, 2.24) is 0 Å². The number of aliphatic hydroxyl groups excluding tert-OH is 1. The standard InChI is InChI=1S/C33H61NO4SSi2/c1-24(2)30(22-37-40(11,12)32(5,6)7)34-39(36,28-20-18-25(3)19-21-28)23-27-16-15-17-29(27)31(35)26(4)38-41(13,14)33(8,9)10/h18-21,23-24,26,29-31,35H,15-17,22H2,1-14H3/b27-23-/t26-,29+,30-,31-,39?/m0/s1. The third-order valence-electron chi connectivity index (χ3n) is 9.79. The molecule has 0 heterocycles. The van der Waals surface area contributed by atoms with Crippen LogP contribution in [0.3, 0.4) is 0 Å². The predicted octanol–water partition coefficient (Wildman–Crippen LogP) is 9.32. The minimum absolute atomic E-state index is 0.0618. The van der Waals surface area contributed by atoms with Gasteiger partial charge in [-0.2, -0.15) is 0 Å². The Balaban J connectivity index is 2.54. The zero-order valence-electron chi connectivity index (χ0n) is 28.6. The summed E-state index contributed by atoms with van der Waals surface area (Å²) in [6, 6.07) is 7.72. The van der Waals surface area contributed by atoms with Gasteiger partial charge in [0.05, 0.1) is 39.5 Å². The predicted molar refractivity (Wildman–Crippen MR) is 181 cm³/mol. The third-order valence-corrected chi connectivity index (χ3v) is 21.0. The quantitative estimate of drug-likeness (QED) is 0.249. The first kappa shape index (κ1) is 36.4. The number of nitrogens with zero attached hydrogens (tertiary/aromatic N) is 1. The van der Waals surface area contributed by atoms with Gasteiger partial charge in [-0.1, -0.05) is 78.7 Å². The van der Waals surface area contributed by atoms with E-state index < -0.39 is 32.5 Å². The number of rotatable bonds is 11. The van der Waals surface area contributed by atoms with E-state index in [2.05, 4.69) is 81.6 Å². The maximum absolute atomic E-state index is 15.0. The molecule has 0 amide bonds. The van der Waals surface area contributed by atoms with Crippen molar-refractivity contribution in [2.24, 2.45) is 16.2 Å². The summed E-state index contributed by atoms with van der Waals surface area (Å²) in [5.74, 6) is 0.0876. The Morgan fingerprint density at radius 1 is 1.00 bits per heavy atom. The minimum Gasteiger partial charge on any atom is -0.415 e. The molecule has 1 aliphatic carbocycles. The van der Waals surface area contributed by atoms with E-state index in [9.17, 15) is 9.32 Å². The van der Waals surface area contributed by atoms with E-state index in [1.165, 1.54) is 0 Å². The molecule has 0 spiro atoms. The molecular formula is C33H61NO4SSi2. The van der Waals surface area contributed by atoms with Gasteiger partial charge < -0.3 is 14.0 Å². The maximum atomic E-state index is 15.0. The Bertz CT molecular complexity index is 1150. The monoisotopic (exact) mass is 623 g/mol. The van der Waals surface area contributed by atoms with E-state index in [-0.39, 0.29) is 34.1 Å². The SMILES string of the molecule is Cc1ccc(S(=O)(/C=C2/CCC[C@H]2[C@@H](O)[C@H](C)O[Si](C)(C)C(C)(C)C)=N[C@@H](CO[Si](C)(C)C(C)(C)C)C(C)C)cc1. The van der Waals surface area contributed by atoms with Crippen LogP contribution in [0.2, 0.25) is 36.3 Å². The number of benzene rings is 1. The van der Waals surface area contributed by atoms with Crippen molar-refractivity contribution >= 4 is 26.4 Å². The van der Waals surface area contributed by atoms with Crippen molar-refractivity contribution in [3.63, 3.8) is 0 Å². The summed E-state index contributed by atoms with van der Waals surface area (Å²) in [5.41, 5.74) is 2.17.